The number of hydrogen-bond acceptors (Lipinski definition) is 4. The molecule has 1 N–H and O–H groups in total. The Bertz CT molecular complexity index is 712. The molecular weight excluding hydrogens is 352 g/mol. The maximum Gasteiger partial charge on any atom is 0.411 e. The summed E-state index contributed by atoms with van der Waals surface area (Å²) in [4.78, 5) is 14.4. The van der Waals surface area contributed by atoms with E-state index in [1.54, 1.807) is 0 Å². The molecule has 1 amide bonds. The highest BCUT2D eigenvalue weighted by Crippen LogP contribution is 2.29. The molecule has 2 rings (SSSR count). The largest absolute Gasteiger partial charge is 0.494 e. The Hall–Kier alpha value is -2.53. The maximum absolute atomic E-state index is 12.2. The summed E-state index contributed by atoms with van der Waals surface area (Å²) in [5.74, 6) is 0.860. The molecule has 0 aliphatic carbocycles. The normalized spacial score (nSPS) is 10.7. The van der Waals surface area contributed by atoms with Crippen LogP contribution in [0.5, 0.6) is 5.75 Å². The zero-order chi connectivity index (χ0) is 20.2. The van der Waals surface area contributed by atoms with Crippen LogP contribution in [0.4, 0.5) is 10.5 Å². The van der Waals surface area contributed by atoms with E-state index < -0.39 is 6.09 Å². The second-order valence-electron chi connectivity index (χ2n) is 6.56. The van der Waals surface area contributed by atoms with E-state index in [1.165, 1.54) is 0 Å². The lowest BCUT2D eigenvalue weighted by Crippen LogP contribution is -2.28. The lowest BCUT2D eigenvalue weighted by atomic mass is 10.0. The van der Waals surface area contributed by atoms with Gasteiger partial charge in [0.25, 0.3) is 0 Å². The van der Waals surface area contributed by atoms with E-state index >= 15 is 0 Å². The Kier molecular flexibility index (Phi) is 9.35. The molecule has 0 spiro atoms. The van der Waals surface area contributed by atoms with E-state index in [0.717, 1.165) is 61.6 Å². The van der Waals surface area contributed by atoms with E-state index in [2.05, 4.69) is 31.0 Å². The van der Waals surface area contributed by atoms with Gasteiger partial charge in [-0.25, -0.2) is 4.79 Å². The van der Waals surface area contributed by atoms with E-state index in [4.69, 9.17) is 9.47 Å². The second kappa shape index (κ2) is 12.0. The topological polar surface area (TPSA) is 50.8 Å². The van der Waals surface area contributed by atoms with E-state index in [1.807, 2.05) is 48.5 Å². The quantitative estimate of drug-likeness (QED) is 0.525. The zero-order valence-electron chi connectivity index (χ0n) is 17.2. The molecule has 0 saturated heterocycles. The summed E-state index contributed by atoms with van der Waals surface area (Å²) in [6, 6.07) is 15.7. The van der Waals surface area contributed by atoms with Crippen molar-refractivity contribution in [2.75, 3.05) is 38.2 Å². The summed E-state index contributed by atoms with van der Waals surface area (Å²) in [5.41, 5.74) is 2.69. The van der Waals surface area contributed by atoms with Gasteiger partial charge in [0.2, 0.25) is 0 Å². The SMILES string of the molecule is CCCCOc1ccc(-c2ccccc2NC(=O)OCCN(CC)CC)cc1. The van der Waals surface area contributed by atoms with Crippen LogP contribution in [0.2, 0.25) is 0 Å². The Morgan fingerprint density at radius 3 is 2.36 bits per heavy atom. The number of likely N-dealkylation sites (N-methyl/N-ethyl adjacent to an activating group) is 1. The van der Waals surface area contributed by atoms with Crippen LogP contribution in [-0.2, 0) is 4.74 Å². The number of rotatable bonds is 11. The predicted octanol–water partition coefficient (Wildman–Crippen LogP) is 5.42. The predicted molar refractivity (Wildman–Crippen MR) is 115 cm³/mol. The summed E-state index contributed by atoms with van der Waals surface area (Å²) in [6.07, 6.45) is 1.73. The fourth-order valence-corrected chi connectivity index (χ4v) is 2.86. The van der Waals surface area contributed by atoms with Crippen molar-refractivity contribution in [2.45, 2.75) is 33.6 Å². The minimum absolute atomic E-state index is 0.374. The van der Waals surface area contributed by atoms with Crippen molar-refractivity contribution in [3.63, 3.8) is 0 Å². The first kappa shape index (κ1) is 21.8. The van der Waals surface area contributed by atoms with Crippen LogP contribution in [0.15, 0.2) is 48.5 Å². The van der Waals surface area contributed by atoms with Crippen molar-refractivity contribution < 1.29 is 14.3 Å². The summed E-state index contributed by atoms with van der Waals surface area (Å²) >= 11 is 0. The molecule has 0 bridgehead atoms. The van der Waals surface area contributed by atoms with Crippen LogP contribution in [-0.4, -0.2) is 43.8 Å². The second-order valence-corrected chi connectivity index (χ2v) is 6.56. The molecule has 0 aliphatic rings. The van der Waals surface area contributed by atoms with Gasteiger partial charge < -0.3 is 14.4 Å². The molecule has 0 unspecified atom stereocenters. The highest BCUT2D eigenvalue weighted by atomic mass is 16.5. The van der Waals surface area contributed by atoms with Crippen molar-refractivity contribution in [3.8, 4) is 16.9 Å². The van der Waals surface area contributed by atoms with Crippen molar-refractivity contribution in [3.05, 3.63) is 48.5 Å². The number of unbranched alkanes of at least 4 members (excludes halogenated alkanes) is 1. The molecule has 0 saturated carbocycles. The van der Waals surface area contributed by atoms with Gasteiger partial charge in [-0.3, -0.25) is 5.32 Å². The number of nitrogens with one attached hydrogen (secondary N) is 1. The number of benzene rings is 2. The fraction of sp³-hybridized carbons (Fsp3) is 0.435. The number of anilines is 1. The zero-order valence-corrected chi connectivity index (χ0v) is 17.2. The first-order chi connectivity index (χ1) is 13.7. The van der Waals surface area contributed by atoms with Crippen molar-refractivity contribution in [1.82, 2.24) is 4.90 Å². The minimum Gasteiger partial charge on any atom is -0.494 e. The monoisotopic (exact) mass is 384 g/mol. The van der Waals surface area contributed by atoms with E-state index in [0.29, 0.717) is 6.61 Å². The number of amides is 1. The molecule has 2 aromatic carbocycles. The number of hydrogen-bond donors (Lipinski definition) is 1. The van der Waals surface area contributed by atoms with Crippen LogP contribution in [0.3, 0.4) is 0 Å². The van der Waals surface area contributed by atoms with Crippen LogP contribution in [0.1, 0.15) is 33.6 Å². The number of para-hydroxylation sites is 1. The minimum atomic E-state index is -0.431. The molecular formula is C23H32N2O3. The molecule has 0 aliphatic heterocycles. The number of carbonyl (C=O) groups excluding carboxylic acids is 1. The Morgan fingerprint density at radius 2 is 1.68 bits per heavy atom. The molecule has 5 nitrogen and oxygen atoms in total. The van der Waals surface area contributed by atoms with Crippen LogP contribution in [0, 0.1) is 0 Å². The van der Waals surface area contributed by atoms with Gasteiger partial charge in [0.15, 0.2) is 0 Å². The molecule has 0 aromatic heterocycles. The van der Waals surface area contributed by atoms with Crippen LogP contribution < -0.4 is 10.1 Å². The number of nitrogens with zero attached hydrogens (tertiary/aromatic N) is 1. The van der Waals surface area contributed by atoms with Gasteiger partial charge >= 0.3 is 6.09 Å². The van der Waals surface area contributed by atoms with Crippen LogP contribution in [0.25, 0.3) is 11.1 Å². The van der Waals surface area contributed by atoms with Gasteiger partial charge in [-0.05, 0) is 43.3 Å². The lowest BCUT2D eigenvalue weighted by molar-refractivity contribution is 0.142. The summed E-state index contributed by atoms with van der Waals surface area (Å²) < 4.78 is 11.1. The molecule has 0 radical (unpaired) electrons. The van der Waals surface area contributed by atoms with Gasteiger partial charge in [0.05, 0.1) is 12.3 Å². The molecule has 0 fully saturated rings. The van der Waals surface area contributed by atoms with Gasteiger partial charge in [-0.15, -0.1) is 0 Å². The lowest BCUT2D eigenvalue weighted by Gasteiger charge is -2.18. The van der Waals surface area contributed by atoms with Crippen LogP contribution >= 0.6 is 0 Å². The average Bonchev–Trinajstić information content (AvgIpc) is 2.72. The standard InChI is InChI=1S/C23H32N2O3/c1-4-7-17-27-20-14-12-19(13-15-20)21-10-8-9-11-22(21)24-23(26)28-18-16-25(5-2)6-3/h8-15H,4-7,16-18H2,1-3H3,(H,24,26). The number of carbonyl (C=O) groups is 1. The van der Waals surface area contributed by atoms with Crippen molar-refractivity contribution >= 4 is 11.8 Å². The van der Waals surface area contributed by atoms with Gasteiger partial charge in [0, 0.05) is 12.1 Å². The summed E-state index contributed by atoms with van der Waals surface area (Å²) in [5, 5.41) is 2.86. The Balaban J connectivity index is 1.97. The average molecular weight is 385 g/mol. The molecule has 0 atom stereocenters. The molecule has 5 heteroatoms. The molecule has 2 aromatic rings. The first-order valence-electron chi connectivity index (χ1n) is 10.2. The smallest absolute Gasteiger partial charge is 0.411 e. The van der Waals surface area contributed by atoms with E-state index in [-0.39, 0.29) is 0 Å². The third kappa shape index (κ3) is 6.89. The van der Waals surface area contributed by atoms with Crippen molar-refractivity contribution in [2.24, 2.45) is 0 Å². The third-order valence-electron chi connectivity index (χ3n) is 4.63. The molecule has 28 heavy (non-hydrogen) atoms. The maximum atomic E-state index is 12.2. The Labute approximate surface area is 168 Å². The van der Waals surface area contributed by atoms with Gasteiger partial charge in [0.1, 0.15) is 12.4 Å². The van der Waals surface area contributed by atoms with Gasteiger partial charge in [-0.2, -0.15) is 0 Å². The third-order valence-corrected chi connectivity index (χ3v) is 4.63. The number of ether oxygens (including phenoxy) is 2. The highest BCUT2D eigenvalue weighted by molar-refractivity contribution is 5.91. The summed E-state index contributed by atoms with van der Waals surface area (Å²) in [6.45, 7) is 10.1. The summed E-state index contributed by atoms with van der Waals surface area (Å²) in [7, 11) is 0. The Morgan fingerprint density at radius 1 is 0.964 bits per heavy atom. The van der Waals surface area contributed by atoms with Crippen molar-refractivity contribution in [1.29, 1.82) is 0 Å². The van der Waals surface area contributed by atoms with E-state index in [9.17, 15) is 4.79 Å². The fourth-order valence-electron chi connectivity index (χ4n) is 2.86. The first-order valence-corrected chi connectivity index (χ1v) is 10.2. The van der Waals surface area contributed by atoms with Gasteiger partial charge in [-0.1, -0.05) is 57.5 Å². The molecule has 152 valence electrons. The highest BCUT2D eigenvalue weighted by Gasteiger charge is 2.10. The molecule has 0 heterocycles.